The van der Waals surface area contributed by atoms with Crippen LogP contribution in [0.15, 0.2) is 22.6 Å². The van der Waals surface area contributed by atoms with E-state index in [1.807, 2.05) is 0 Å². The van der Waals surface area contributed by atoms with Crippen molar-refractivity contribution in [2.75, 3.05) is 18.5 Å². The van der Waals surface area contributed by atoms with Crippen LogP contribution in [-0.4, -0.2) is 19.9 Å². The molecule has 0 unspecified atom stereocenters. The van der Waals surface area contributed by atoms with E-state index in [0.717, 1.165) is 30.2 Å². The average molecular weight is 215 g/mol. The molecule has 3 heteroatoms. The van der Waals surface area contributed by atoms with Gasteiger partial charge in [-0.15, -0.1) is 0 Å². The van der Waals surface area contributed by atoms with E-state index in [2.05, 4.69) is 24.1 Å². The molecule has 1 aliphatic rings. The molecule has 3 nitrogen and oxygen atoms in total. The highest BCUT2D eigenvalue weighted by Crippen LogP contribution is 2.31. The third-order valence-corrected chi connectivity index (χ3v) is 3.20. The zero-order chi connectivity index (χ0) is 11.1. The number of benzene rings is 1. The number of furan rings is 1. The van der Waals surface area contributed by atoms with Crippen molar-refractivity contribution in [3.05, 3.63) is 29.5 Å². The van der Waals surface area contributed by atoms with E-state index in [1.54, 1.807) is 6.07 Å². The van der Waals surface area contributed by atoms with Gasteiger partial charge in [-0.1, -0.05) is 0 Å². The first-order valence-corrected chi connectivity index (χ1v) is 5.51. The van der Waals surface area contributed by atoms with Crippen LogP contribution in [0.3, 0.4) is 0 Å². The van der Waals surface area contributed by atoms with E-state index in [4.69, 9.17) is 4.42 Å². The lowest BCUT2D eigenvalue weighted by atomic mass is 10.0. The van der Waals surface area contributed by atoms with Crippen molar-refractivity contribution in [3.8, 4) is 0 Å². The summed E-state index contributed by atoms with van der Waals surface area (Å²) in [6.07, 6.45) is 3.02. The monoisotopic (exact) mass is 215 g/mol. The molecule has 0 amide bonds. The number of fused-ring (bicyclic) bond motifs is 2. The molecule has 16 heavy (non-hydrogen) atoms. The topological polar surface area (TPSA) is 33.5 Å². The lowest BCUT2D eigenvalue weighted by Gasteiger charge is -2.27. The van der Waals surface area contributed by atoms with Gasteiger partial charge in [0, 0.05) is 24.7 Å². The Labute approximate surface area is 93.6 Å². The maximum Gasteiger partial charge on any atom is 0.185 e. The van der Waals surface area contributed by atoms with Crippen molar-refractivity contribution in [2.45, 2.75) is 12.8 Å². The van der Waals surface area contributed by atoms with Crippen molar-refractivity contribution in [2.24, 2.45) is 0 Å². The van der Waals surface area contributed by atoms with E-state index in [9.17, 15) is 4.79 Å². The molecule has 0 spiro atoms. The molecule has 1 aromatic carbocycles. The molecule has 0 saturated carbocycles. The molecule has 1 aliphatic heterocycles. The van der Waals surface area contributed by atoms with Gasteiger partial charge in [-0.05, 0) is 36.6 Å². The lowest BCUT2D eigenvalue weighted by molar-refractivity contribution is 0.110. The lowest BCUT2D eigenvalue weighted by Crippen LogP contribution is -2.24. The summed E-state index contributed by atoms with van der Waals surface area (Å²) in [5, 5.41) is 1.01. The standard InChI is InChI=1S/C13H13NO2/c1-14-4-2-3-9-7-13-10(6-12(9)14)5-11(8-15)16-13/h5-8H,2-4H2,1H3. The molecular formula is C13H13NO2. The Morgan fingerprint density at radius 3 is 3.06 bits per heavy atom. The van der Waals surface area contributed by atoms with E-state index in [0.29, 0.717) is 5.76 Å². The number of carbonyl (C=O) groups is 1. The molecule has 0 bridgehead atoms. The molecule has 0 radical (unpaired) electrons. The predicted molar refractivity (Wildman–Crippen MR) is 63.2 cm³/mol. The van der Waals surface area contributed by atoms with Gasteiger partial charge < -0.3 is 9.32 Å². The summed E-state index contributed by atoms with van der Waals surface area (Å²) in [6.45, 7) is 1.09. The van der Waals surface area contributed by atoms with Gasteiger partial charge in [0.2, 0.25) is 0 Å². The number of anilines is 1. The molecule has 0 atom stereocenters. The Morgan fingerprint density at radius 2 is 2.25 bits per heavy atom. The highest BCUT2D eigenvalue weighted by molar-refractivity contribution is 5.88. The van der Waals surface area contributed by atoms with Crippen molar-refractivity contribution in [1.82, 2.24) is 0 Å². The average Bonchev–Trinajstić information content (AvgIpc) is 2.69. The molecule has 1 aromatic heterocycles. The zero-order valence-electron chi connectivity index (χ0n) is 9.19. The van der Waals surface area contributed by atoms with Crippen LogP contribution in [0.4, 0.5) is 5.69 Å². The summed E-state index contributed by atoms with van der Waals surface area (Å²) < 4.78 is 5.43. The first kappa shape index (κ1) is 9.46. The normalized spacial score (nSPS) is 15.2. The summed E-state index contributed by atoms with van der Waals surface area (Å²) in [7, 11) is 2.10. The van der Waals surface area contributed by atoms with Crippen LogP contribution in [0.2, 0.25) is 0 Å². The van der Waals surface area contributed by atoms with Gasteiger partial charge in [0.25, 0.3) is 0 Å². The number of rotatable bonds is 1. The van der Waals surface area contributed by atoms with Crippen LogP contribution in [0.1, 0.15) is 22.5 Å². The van der Waals surface area contributed by atoms with E-state index < -0.39 is 0 Å². The molecule has 2 aromatic rings. The summed E-state index contributed by atoms with van der Waals surface area (Å²) in [5.41, 5.74) is 3.39. The van der Waals surface area contributed by atoms with Gasteiger partial charge in [0.05, 0.1) is 0 Å². The number of hydrogen-bond donors (Lipinski definition) is 0. The van der Waals surface area contributed by atoms with E-state index >= 15 is 0 Å². The molecular weight excluding hydrogens is 202 g/mol. The van der Waals surface area contributed by atoms with Gasteiger partial charge in [0.15, 0.2) is 12.0 Å². The molecule has 3 rings (SSSR count). The third kappa shape index (κ3) is 1.32. The van der Waals surface area contributed by atoms with Gasteiger partial charge in [-0.25, -0.2) is 0 Å². The quantitative estimate of drug-likeness (QED) is 0.686. The fourth-order valence-corrected chi connectivity index (χ4v) is 2.38. The minimum absolute atomic E-state index is 0.403. The van der Waals surface area contributed by atoms with Gasteiger partial charge in [-0.3, -0.25) is 4.79 Å². The van der Waals surface area contributed by atoms with Crippen molar-refractivity contribution in [1.29, 1.82) is 0 Å². The van der Waals surface area contributed by atoms with Crippen LogP contribution in [-0.2, 0) is 6.42 Å². The number of carbonyl (C=O) groups excluding carboxylic acids is 1. The largest absolute Gasteiger partial charge is 0.453 e. The van der Waals surface area contributed by atoms with Crippen LogP contribution in [0.25, 0.3) is 11.0 Å². The van der Waals surface area contributed by atoms with Gasteiger partial charge in [-0.2, -0.15) is 0 Å². The maximum atomic E-state index is 10.7. The molecule has 2 heterocycles. The first-order chi connectivity index (χ1) is 7.78. The highest BCUT2D eigenvalue weighted by Gasteiger charge is 2.16. The summed E-state index contributed by atoms with van der Waals surface area (Å²) >= 11 is 0. The molecule has 82 valence electrons. The Bertz CT molecular complexity index is 556. The Balaban J connectivity index is 2.23. The number of aldehydes is 1. The van der Waals surface area contributed by atoms with Gasteiger partial charge in [0.1, 0.15) is 5.58 Å². The summed E-state index contributed by atoms with van der Waals surface area (Å²) in [5.74, 6) is 0.403. The molecule has 0 aliphatic carbocycles. The van der Waals surface area contributed by atoms with E-state index in [1.165, 1.54) is 17.7 Å². The smallest absolute Gasteiger partial charge is 0.185 e. The molecule has 0 fully saturated rings. The number of aryl methyl sites for hydroxylation is 1. The van der Waals surface area contributed by atoms with Crippen LogP contribution in [0, 0.1) is 0 Å². The first-order valence-electron chi connectivity index (χ1n) is 5.51. The zero-order valence-corrected chi connectivity index (χ0v) is 9.19. The van der Waals surface area contributed by atoms with Crippen LogP contribution < -0.4 is 4.90 Å². The second-order valence-corrected chi connectivity index (χ2v) is 4.31. The third-order valence-electron chi connectivity index (χ3n) is 3.20. The van der Waals surface area contributed by atoms with Gasteiger partial charge >= 0.3 is 0 Å². The molecule has 0 saturated heterocycles. The second-order valence-electron chi connectivity index (χ2n) is 4.31. The van der Waals surface area contributed by atoms with Crippen molar-refractivity contribution >= 4 is 22.9 Å². The predicted octanol–water partition coefficient (Wildman–Crippen LogP) is 2.63. The van der Waals surface area contributed by atoms with Crippen LogP contribution in [0.5, 0.6) is 0 Å². The summed E-state index contributed by atoms with van der Waals surface area (Å²) in [6, 6.07) is 5.97. The maximum absolute atomic E-state index is 10.7. The highest BCUT2D eigenvalue weighted by atomic mass is 16.3. The second kappa shape index (κ2) is 3.37. The fourth-order valence-electron chi connectivity index (χ4n) is 2.38. The van der Waals surface area contributed by atoms with E-state index in [-0.39, 0.29) is 0 Å². The Hall–Kier alpha value is -1.77. The number of hydrogen-bond acceptors (Lipinski definition) is 3. The van der Waals surface area contributed by atoms with Crippen molar-refractivity contribution < 1.29 is 9.21 Å². The van der Waals surface area contributed by atoms with Crippen LogP contribution >= 0.6 is 0 Å². The fraction of sp³-hybridized carbons (Fsp3) is 0.308. The minimum atomic E-state index is 0.403. The SMILES string of the molecule is CN1CCCc2cc3oc(C=O)cc3cc21. The summed E-state index contributed by atoms with van der Waals surface area (Å²) in [4.78, 5) is 12.9. The van der Waals surface area contributed by atoms with Crippen molar-refractivity contribution in [3.63, 3.8) is 0 Å². The minimum Gasteiger partial charge on any atom is -0.453 e. The Kier molecular flexibility index (Phi) is 1.99. The Morgan fingerprint density at radius 1 is 1.38 bits per heavy atom. The number of nitrogens with zero attached hydrogens (tertiary/aromatic N) is 1. The molecule has 0 N–H and O–H groups in total.